The lowest BCUT2D eigenvalue weighted by molar-refractivity contribution is 0.313. The van der Waals surface area contributed by atoms with Gasteiger partial charge in [-0.05, 0) is 48.2 Å². The fourth-order valence-electron chi connectivity index (χ4n) is 4.26. The number of rotatable bonds is 2. The second-order valence-electron chi connectivity index (χ2n) is 8.22. The van der Waals surface area contributed by atoms with Gasteiger partial charge in [0.25, 0.3) is 0 Å². The lowest BCUT2D eigenvalue weighted by Crippen LogP contribution is -2.44. The first-order valence-electron chi connectivity index (χ1n) is 9.42. The minimum Gasteiger partial charge on any atom is -0.378 e. The summed E-state index contributed by atoms with van der Waals surface area (Å²) in [4.78, 5) is 4.92. The highest BCUT2D eigenvalue weighted by molar-refractivity contribution is 5.59. The Hall–Kier alpha value is -2.00. The van der Waals surface area contributed by atoms with Gasteiger partial charge in [0.05, 0.1) is 6.04 Å². The van der Waals surface area contributed by atoms with E-state index >= 15 is 0 Å². The lowest BCUT2D eigenvalue weighted by Gasteiger charge is -2.39. The zero-order valence-electron chi connectivity index (χ0n) is 15.6. The van der Waals surface area contributed by atoms with Gasteiger partial charge in [0.1, 0.15) is 0 Å². The van der Waals surface area contributed by atoms with Crippen LogP contribution >= 0.6 is 0 Å². The molecule has 3 heteroatoms. The minimum atomic E-state index is 0.191. The molecule has 1 atom stereocenters. The SMILES string of the molecule is CN1CCN(c2cccc(C3CC(C)(C)c4ccccc4N3)c2)CC1. The van der Waals surface area contributed by atoms with Gasteiger partial charge >= 0.3 is 0 Å². The van der Waals surface area contributed by atoms with Crippen molar-refractivity contribution < 1.29 is 0 Å². The van der Waals surface area contributed by atoms with Gasteiger partial charge in [-0.25, -0.2) is 0 Å². The van der Waals surface area contributed by atoms with Crippen molar-refractivity contribution in [1.82, 2.24) is 4.90 Å². The van der Waals surface area contributed by atoms with E-state index in [1.807, 2.05) is 0 Å². The van der Waals surface area contributed by atoms with Crippen LogP contribution in [-0.4, -0.2) is 38.1 Å². The second-order valence-corrected chi connectivity index (χ2v) is 8.22. The van der Waals surface area contributed by atoms with Gasteiger partial charge in [-0.3, -0.25) is 0 Å². The van der Waals surface area contributed by atoms with Gasteiger partial charge in [0.15, 0.2) is 0 Å². The molecule has 25 heavy (non-hydrogen) atoms. The van der Waals surface area contributed by atoms with Crippen LogP contribution in [0, 0.1) is 0 Å². The molecule has 3 nitrogen and oxygen atoms in total. The van der Waals surface area contributed by atoms with Crippen LogP contribution in [0.3, 0.4) is 0 Å². The fourth-order valence-corrected chi connectivity index (χ4v) is 4.26. The first-order valence-corrected chi connectivity index (χ1v) is 9.42. The van der Waals surface area contributed by atoms with Crippen LogP contribution in [0.1, 0.15) is 37.4 Å². The maximum Gasteiger partial charge on any atom is 0.0523 e. The fraction of sp³-hybridized carbons (Fsp3) is 0.455. The van der Waals surface area contributed by atoms with Crippen molar-refractivity contribution in [2.75, 3.05) is 43.4 Å². The van der Waals surface area contributed by atoms with Crippen molar-refractivity contribution in [2.24, 2.45) is 0 Å². The number of anilines is 2. The summed E-state index contributed by atoms with van der Waals surface area (Å²) < 4.78 is 0. The molecule has 1 N–H and O–H groups in total. The third-order valence-corrected chi connectivity index (χ3v) is 5.84. The monoisotopic (exact) mass is 335 g/mol. The summed E-state index contributed by atoms with van der Waals surface area (Å²) in [5.41, 5.74) is 5.68. The molecule has 4 rings (SSSR count). The number of hydrogen-bond acceptors (Lipinski definition) is 3. The average molecular weight is 335 g/mol. The summed E-state index contributed by atoms with van der Waals surface area (Å²) in [5, 5.41) is 3.78. The highest BCUT2D eigenvalue weighted by Gasteiger charge is 2.33. The predicted molar refractivity (Wildman–Crippen MR) is 107 cm³/mol. The molecular weight excluding hydrogens is 306 g/mol. The number of hydrogen-bond donors (Lipinski definition) is 1. The number of fused-ring (bicyclic) bond motifs is 1. The average Bonchev–Trinajstić information content (AvgIpc) is 2.62. The topological polar surface area (TPSA) is 18.5 Å². The molecule has 1 fully saturated rings. The molecule has 132 valence electrons. The summed E-state index contributed by atoms with van der Waals surface area (Å²) in [6.45, 7) is 9.26. The van der Waals surface area contributed by atoms with E-state index in [1.54, 1.807) is 0 Å². The Morgan fingerprint density at radius 1 is 0.960 bits per heavy atom. The van der Waals surface area contributed by atoms with E-state index in [2.05, 4.69) is 84.5 Å². The van der Waals surface area contributed by atoms with Crippen LogP contribution in [0.2, 0.25) is 0 Å². The molecule has 0 aliphatic carbocycles. The number of nitrogens with zero attached hydrogens (tertiary/aromatic N) is 2. The molecule has 2 heterocycles. The summed E-state index contributed by atoms with van der Waals surface area (Å²) in [6, 6.07) is 18.3. The number of para-hydroxylation sites is 1. The van der Waals surface area contributed by atoms with Crippen LogP contribution < -0.4 is 10.2 Å². The Morgan fingerprint density at radius 3 is 2.52 bits per heavy atom. The Balaban J connectivity index is 1.60. The lowest BCUT2D eigenvalue weighted by atomic mass is 9.74. The quantitative estimate of drug-likeness (QED) is 0.884. The van der Waals surface area contributed by atoms with Gasteiger partial charge in [-0.2, -0.15) is 0 Å². The van der Waals surface area contributed by atoms with Gasteiger partial charge in [0, 0.05) is 37.6 Å². The third kappa shape index (κ3) is 3.25. The van der Waals surface area contributed by atoms with Gasteiger partial charge in [0.2, 0.25) is 0 Å². The molecule has 0 radical (unpaired) electrons. The summed E-state index contributed by atoms with van der Waals surface area (Å²) >= 11 is 0. The maximum atomic E-state index is 3.78. The highest BCUT2D eigenvalue weighted by Crippen LogP contribution is 2.44. The summed E-state index contributed by atoms with van der Waals surface area (Å²) in [6.07, 6.45) is 1.12. The normalized spacial score (nSPS) is 23.0. The van der Waals surface area contributed by atoms with Crippen molar-refractivity contribution in [3.8, 4) is 0 Å². The molecular formula is C22H29N3. The van der Waals surface area contributed by atoms with Crippen molar-refractivity contribution in [1.29, 1.82) is 0 Å². The molecule has 2 aliphatic rings. The largest absolute Gasteiger partial charge is 0.378 e. The number of piperazine rings is 1. The number of nitrogens with one attached hydrogen (secondary N) is 1. The zero-order valence-corrected chi connectivity index (χ0v) is 15.6. The van der Waals surface area contributed by atoms with E-state index in [1.165, 1.54) is 22.5 Å². The van der Waals surface area contributed by atoms with E-state index in [4.69, 9.17) is 0 Å². The third-order valence-electron chi connectivity index (χ3n) is 5.84. The van der Waals surface area contributed by atoms with E-state index in [0.29, 0.717) is 6.04 Å². The van der Waals surface area contributed by atoms with Crippen LogP contribution in [-0.2, 0) is 5.41 Å². The Morgan fingerprint density at radius 2 is 1.72 bits per heavy atom. The molecule has 1 saturated heterocycles. The van der Waals surface area contributed by atoms with Crippen LogP contribution in [0.15, 0.2) is 48.5 Å². The molecule has 0 aromatic heterocycles. The van der Waals surface area contributed by atoms with Crippen molar-refractivity contribution >= 4 is 11.4 Å². The Bertz CT molecular complexity index is 744. The summed E-state index contributed by atoms with van der Waals surface area (Å²) in [7, 11) is 2.21. The van der Waals surface area contributed by atoms with Crippen molar-refractivity contribution in [3.63, 3.8) is 0 Å². The molecule has 0 saturated carbocycles. The van der Waals surface area contributed by atoms with Crippen molar-refractivity contribution in [2.45, 2.75) is 31.7 Å². The van der Waals surface area contributed by atoms with Crippen molar-refractivity contribution in [3.05, 3.63) is 59.7 Å². The Kier molecular flexibility index (Phi) is 4.20. The molecule has 0 bridgehead atoms. The Labute approximate surface area is 151 Å². The standard InChI is InChI=1S/C22H29N3/c1-22(2)16-21(23-20-10-5-4-9-19(20)22)17-7-6-8-18(15-17)25-13-11-24(3)12-14-25/h4-10,15,21,23H,11-14,16H2,1-3H3. The van der Waals surface area contributed by atoms with E-state index in [0.717, 1.165) is 32.6 Å². The van der Waals surface area contributed by atoms with Crippen LogP contribution in [0.25, 0.3) is 0 Å². The molecule has 0 spiro atoms. The van der Waals surface area contributed by atoms with E-state index in [9.17, 15) is 0 Å². The maximum absolute atomic E-state index is 3.78. The van der Waals surface area contributed by atoms with Crippen LogP contribution in [0.4, 0.5) is 11.4 Å². The first kappa shape index (κ1) is 16.5. The number of likely N-dealkylation sites (N-methyl/N-ethyl adjacent to an activating group) is 1. The van der Waals surface area contributed by atoms with E-state index < -0.39 is 0 Å². The first-order chi connectivity index (χ1) is 12.0. The molecule has 2 aromatic rings. The molecule has 2 aliphatic heterocycles. The zero-order chi connectivity index (χ0) is 17.4. The predicted octanol–water partition coefficient (Wildman–Crippen LogP) is 4.27. The highest BCUT2D eigenvalue weighted by atomic mass is 15.2. The van der Waals surface area contributed by atoms with Crippen LogP contribution in [0.5, 0.6) is 0 Å². The smallest absolute Gasteiger partial charge is 0.0523 e. The van der Waals surface area contributed by atoms with E-state index in [-0.39, 0.29) is 5.41 Å². The number of benzene rings is 2. The molecule has 0 amide bonds. The summed E-state index contributed by atoms with van der Waals surface area (Å²) in [5.74, 6) is 0. The molecule has 1 unspecified atom stereocenters. The van der Waals surface area contributed by atoms with Gasteiger partial charge < -0.3 is 15.1 Å². The van der Waals surface area contributed by atoms with Gasteiger partial charge in [-0.15, -0.1) is 0 Å². The second kappa shape index (κ2) is 6.38. The minimum absolute atomic E-state index is 0.191. The van der Waals surface area contributed by atoms with Gasteiger partial charge in [-0.1, -0.05) is 44.2 Å². The molecule has 2 aromatic carbocycles.